The fourth-order valence-corrected chi connectivity index (χ4v) is 3.05. The quantitative estimate of drug-likeness (QED) is 0.749. The maximum atomic E-state index is 5.91. The molecule has 0 aromatic carbocycles. The molecular weight excluding hydrogens is 294 g/mol. The van der Waals surface area contributed by atoms with Crippen molar-refractivity contribution in [1.29, 1.82) is 0 Å². The van der Waals surface area contributed by atoms with Crippen molar-refractivity contribution in [2.45, 2.75) is 20.0 Å². The third-order valence-electron chi connectivity index (χ3n) is 2.95. The van der Waals surface area contributed by atoms with Crippen LogP contribution < -0.4 is 5.32 Å². The minimum absolute atomic E-state index is 0.723. The van der Waals surface area contributed by atoms with E-state index in [1.165, 1.54) is 4.88 Å². The van der Waals surface area contributed by atoms with E-state index >= 15 is 0 Å². The lowest BCUT2D eigenvalue weighted by Crippen LogP contribution is -2.11. The highest BCUT2D eigenvalue weighted by Crippen LogP contribution is 2.24. The van der Waals surface area contributed by atoms with Crippen LogP contribution in [0.15, 0.2) is 34.9 Å². The van der Waals surface area contributed by atoms with Gasteiger partial charge in [0, 0.05) is 23.5 Å². The van der Waals surface area contributed by atoms with Crippen LogP contribution in [-0.4, -0.2) is 10.2 Å². The Morgan fingerprint density at radius 1 is 1.30 bits per heavy atom. The second kappa shape index (κ2) is 5.83. The number of aromatic amines is 1. The van der Waals surface area contributed by atoms with E-state index < -0.39 is 0 Å². The van der Waals surface area contributed by atoms with Gasteiger partial charge in [-0.1, -0.05) is 11.6 Å². The number of H-pyrrole nitrogens is 1. The molecular formula is C14H14ClN3OS. The molecule has 3 aromatic heterocycles. The maximum Gasteiger partial charge on any atom is 0.152 e. The number of hydrogen-bond acceptors (Lipinski definition) is 4. The number of halogens is 1. The topological polar surface area (TPSA) is 53.9 Å². The average molecular weight is 308 g/mol. The highest BCUT2D eigenvalue weighted by molar-refractivity contribution is 7.16. The summed E-state index contributed by atoms with van der Waals surface area (Å²) in [5.74, 6) is 1.71. The van der Waals surface area contributed by atoms with E-state index in [4.69, 9.17) is 16.0 Å². The first-order valence-corrected chi connectivity index (χ1v) is 7.46. The number of furan rings is 1. The van der Waals surface area contributed by atoms with Crippen molar-refractivity contribution in [2.24, 2.45) is 0 Å². The third-order valence-corrected chi connectivity index (χ3v) is 4.18. The third kappa shape index (κ3) is 2.95. The summed E-state index contributed by atoms with van der Waals surface area (Å²) < 4.78 is 6.44. The van der Waals surface area contributed by atoms with Gasteiger partial charge in [-0.05, 0) is 31.2 Å². The van der Waals surface area contributed by atoms with Crippen LogP contribution in [0.3, 0.4) is 0 Å². The predicted octanol–water partition coefficient (Wildman–Crippen LogP) is 3.98. The van der Waals surface area contributed by atoms with Gasteiger partial charge in [-0.15, -0.1) is 11.3 Å². The molecule has 0 saturated carbocycles. The number of aryl methyl sites for hydroxylation is 1. The normalized spacial score (nSPS) is 11.1. The van der Waals surface area contributed by atoms with Crippen molar-refractivity contribution in [1.82, 2.24) is 15.5 Å². The van der Waals surface area contributed by atoms with Gasteiger partial charge in [0.05, 0.1) is 10.5 Å². The molecule has 0 saturated heterocycles. The van der Waals surface area contributed by atoms with E-state index in [9.17, 15) is 0 Å². The van der Waals surface area contributed by atoms with E-state index in [0.29, 0.717) is 0 Å². The van der Waals surface area contributed by atoms with Crippen molar-refractivity contribution >= 4 is 22.9 Å². The standard InChI is InChI=1S/C14H14ClN3OS/c1-9-2-4-12(19-9)14-10(7-17-18-14)6-16-8-11-3-5-13(15)20-11/h2-5,7,16H,6,8H2,1H3,(H,17,18). The summed E-state index contributed by atoms with van der Waals surface area (Å²) >= 11 is 7.50. The molecule has 0 amide bonds. The van der Waals surface area contributed by atoms with Crippen molar-refractivity contribution < 1.29 is 4.42 Å². The second-order valence-corrected chi connectivity index (χ2v) is 6.29. The number of aromatic nitrogens is 2. The van der Waals surface area contributed by atoms with E-state index in [0.717, 1.165) is 40.2 Å². The molecule has 0 unspecified atom stereocenters. The van der Waals surface area contributed by atoms with Gasteiger partial charge in [-0.2, -0.15) is 5.10 Å². The second-order valence-electron chi connectivity index (χ2n) is 4.49. The fourth-order valence-electron chi connectivity index (χ4n) is 1.99. The van der Waals surface area contributed by atoms with Crippen molar-refractivity contribution in [3.63, 3.8) is 0 Å². The SMILES string of the molecule is Cc1ccc(-c2[nH]ncc2CNCc2ccc(Cl)s2)o1. The van der Waals surface area contributed by atoms with Crippen LogP contribution >= 0.6 is 22.9 Å². The monoisotopic (exact) mass is 307 g/mol. The van der Waals surface area contributed by atoms with Crippen molar-refractivity contribution in [3.8, 4) is 11.5 Å². The molecule has 2 N–H and O–H groups in total. The van der Waals surface area contributed by atoms with E-state index in [1.54, 1.807) is 11.3 Å². The highest BCUT2D eigenvalue weighted by Gasteiger charge is 2.10. The zero-order valence-electron chi connectivity index (χ0n) is 10.9. The molecule has 3 aromatic rings. The lowest BCUT2D eigenvalue weighted by molar-refractivity contribution is 0.545. The van der Waals surface area contributed by atoms with Crippen molar-refractivity contribution in [3.05, 3.63) is 51.0 Å². The van der Waals surface area contributed by atoms with Crippen LogP contribution in [0.25, 0.3) is 11.5 Å². The Balaban J connectivity index is 1.65. The molecule has 0 fully saturated rings. The van der Waals surface area contributed by atoms with Gasteiger partial charge in [0.25, 0.3) is 0 Å². The van der Waals surface area contributed by atoms with E-state index in [2.05, 4.69) is 15.5 Å². The summed E-state index contributed by atoms with van der Waals surface area (Å²) in [6, 6.07) is 7.84. The van der Waals surface area contributed by atoms with Crippen molar-refractivity contribution in [2.75, 3.05) is 0 Å². The zero-order valence-corrected chi connectivity index (χ0v) is 12.5. The molecule has 0 atom stereocenters. The molecule has 6 heteroatoms. The van der Waals surface area contributed by atoms with Gasteiger partial charge in [0.15, 0.2) is 5.76 Å². The molecule has 0 aliphatic heterocycles. The summed E-state index contributed by atoms with van der Waals surface area (Å²) in [5.41, 5.74) is 2.01. The largest absolute Gasteiger partial charge is 0.460 e. The molecule has 0 spiro atoms. The molecule has 0 bridgehead atoms. The van der Waals surface area contributed by atoms with E-state index in [1.807, 2.05) is 37.4 Å². The number of hydrogen-bond donors (Lipinski definition) is 2. The number of rotatable bonds is 5. The van der Waals surface area contributed by atoms with Gasteiger partial charge in [-0.3, -0.25) is 5.10 Å². The number of thiophene rings is 1. The number of nitrogens with zero attached hydrogens (tertiary/aromatic N) is 1. The minimum atomic E-state index is 0.723. The molecule has 0 radical (unpaired) electrons. The van der Waals surface area contributed by atoms with Crippen LogP contribution in [-0.2, 0) is 13.1 Å². The average Bonchev–Trinajstić information content (AvgIpc) is 3.11. The maximum absolute atomic E-state index is 5.91. The summed E-state index contributed by atoms with van der Waals surface area (Å²) in [7, 11) is 0. The molecule has 20 heavy (non-hydrogen) atoms. The van der Waals surface area contributed by atoms with Crippen LogP contribution in [0, 0.1) is 6.92 Å². The first-order valence-electron chi connectivity index (χ1n) is 6.26. The van der Waals surface area contributed by atoms with Crippen LogP contribution in [0.1, 0.15) is 16.2 Å². The Hall–Kier alpha value is -1.56. The van der Waals surface area contributed by atoms with Gasteiger partial charge in [-0.25, -0.2) is 0 Å². The van der Waals surface area contributed by atoms with E-state index in [-0.39, 0.29) is 0 Å². The Labute approximate surface area is 125 Å². The van der Waals surface area contributed by atoms with Crippen LogP contribution in [0.5, 0.6) is 0 Å². The molecule has 4 nitrogen and oxygen atoms in total. The first kappa shape index (κ1) is 13.4. The van der Waals surface area contributed by atoms with Gasteiger partial charge >= 0.3 is 0 Å². The minimum Gasteiger partial charge on any atom is -0.460 e. The lowest BCUT2D eigenvalue weighted by atomic mass is 10.2. The molecule has 3 rings (SSSR count). The first-order chi connectivity index (χ1) is 9.72. The lowest BCUT2D eigenvalue weighted by Gasteiger charge is -2.03. The van der Waals surface area contributed by atoms with Gasteiger partial charge < -0.3 is 9.73 Å². The Kier molecular flexibility index (Phi) is 3.91. The summed E-state index contributed by atoms with van der Waals surface area (Å²) in [6.07, 6.45) is 1.82. The predicted molar refractivity (Wildman–Crippen MR) is 80.9 cm³/mol. The summed E-state index contributed by atoms with van der Waals surface area (Å²) in [6.45, 7) is 3.44. The molecule has 0 aliphatic carbocycles. The summed E-state index contributed by atoms with van der Waals surface area (Å²) in [4.78, 5) is 1.22. The highest BCUT2D eigenvalue weighted by atomic mass is 35.5. The Bertz CT molecular complexity index is 701. The fraction of sp³-hybridized carbons (Fsp3) is 0.214. The molecule has 104 valence electrons. The Morgan fingerprint density at radius 2 is 2.20 bits per heavy atom. The van der Waals surface area contributed by atoms with Gasteiger partial charge in [0.2, 0.25) is 0 Å². The van der Waals surface area contributed by atoms with Crippen LogP contribution in [0.4, 0.5) is 0 Å². The van der Waals surface area contributed by atoms with Gasteiger partial charge in [0.1, 0.15) is 11.5 Å². The molecule has 0 aliphatic rings. The zero-order chi connectivity index (χ0) is 13.9. The van der Waals surface area contributed by atoms with Crippen LogP contribution in [0.2, 0.25) is 4.34 Å². The smallest absolute Gasteiger partial charge is 0.152 e. The number of nitrogens with one attached hydrogen (secondary N) is 2. The summed E-state index contributed by atoms with van der Waals surface area (Å²) in [5, 5.41) is 10.5. The molecule has 3 heterocycles. The Morgan fingerprint density at radius 3 is 2.90 bits per heavy atom.